The van der Waals surface area contributed by atoms with E-state index in [-0.39, 0.29) is 0 Å². The molecule has 0 heterocycles. The Labute approximate surface area is 91.6 Å². The van der Waals surface area contributed by atoms with Crippen molar-refractivity contribution < 1.29 is 0 Å². The van der Waals surface area contributed by atoms with Gasteiger partial charge in [0.1, 0.15) is 0 Å². The van der Waals surface area contributed by atoms with Crippen molar-refractivity contribution in [2.24, 2.45) is 0 Å². The van der Waals surface area contributed by atoms with Crippen molar-refractivity contribution >= 4 is 5.57 Å². The maximum atomic E-state index is 4.13. The van der Waals surface area contributed by atoms with Crippen molar-refractivity contribution in [2.75, 3.05) is 0 Å². The highest BCUT2D eigenvalue weighted by atomic mass is 14.2. The fourth-order valence-electron chi connectivity index (χ4n) is 2.09. The highest BCUT2D eigenvalue weighted by molar-refractivity contribution is 5.84. The van der Waals surface area contributed by atoms with Crippen molar-refractivity contribution in [3.8, 4) is 0 Å². The summed E-state index contributed by atoms with van der Waals surface area (Å²) in [5.41, 5.74) is 6.58. The van der Waals surface area contributed by atoms with E-state index >= 15 is 0 Å². The molecule has 1 aliphatic carbocycles. The van der Waals surface area contributed by atoms with E-state index in [0.717, 1.165) is 18.4 Å². The second kappa shape index (κ2) is 3.90. The number of fused-ring (bicyclic) bond motifs is 1. The van der Waals surface area contributed by atoms with E-state index in [1.54, 1.807) is 0 Å². The van der Waals surface area contributed by atoms with Gasteiger partial charge in [-0.15, -0.1) is 0 Å². The summed E-state index contributed by atoms with van der Waals surface area (Å²) in [4.78, 5) is 0. The van der Waals surface area contributed by atoms with Gasteiger partial charge >= 0.3 is 0 Å². The fraction of sp³-hybridized carbons (Fsp3) is 0.200. The zero-order valence-corrected chi connectivity index (χ0v) is 9.22. The monoisotopic (exact) mass is 196 g/mol. The smallest absolute Gasteiger partial charge is 0.00136 e. The van der Waals surface area contributed by atoms with Gasteiger partial charge in [0.15, 0.2) is 0 Å². The molecule has 0 heteroatoms. The van der Waals surface area contributed by atoms with Crippen LogP contribution in [-0.4, -0.2) is 0 Å². The molecule has 15 heavy (non-hydrogen) atoms. The van der Waals surface area contributed by atoms with Gasteiger partial charge in [0, 0.05) is 0 Å². The van der Waals surface area contributed by atoms with Gasteiger partial charge in [-0.25, -0.2) is 0 Å². The summed E-state index contributed by atoms with van der Waals surface area (Å²) in [6.45, 7) is 10.1. The predicted molar refractivity (Wildman–Crippen MR) is 66.8 cm³/mol. The largest absolute Gasteiger partial charge is 0.0991 e. The summed E-state index contributed by atoms with van der Waals surface area (Å²) in [6, 6.07) is 6.69. The van der Waals surface area contributed by atoms with Crippen LogP contribution in [0.1, 0.15) is 23.6 Å². The summed E-state index contributed by atoms with van der Waals surface area (Å²) in [5, 5.41) is 0. The molecule has 0 nitrogen and oxygen atoms in total. The molecule has 0 radical (unpaired) electrons. The Balaban J connectivity index is 2.45. The molecule has 0 saturated carbocycles. The fourth-order valence-corrected chi connectivity index (χ4v) is 2.09. The van der Waals surface area contributed by atoms with E-state index in [1.165, 1.54) is 22.3 Å². The molecule has 0 N–H and O–H groups in total. The lowest BCUT2D eigenvalue weighted by atomic mass is 10.0. The minimum Gasteiger partial charge on any atom is -0.0991 e. The third-order valence-electron chi connectivity index (χ3n) is 2.99. The van der Waals surface area contributed by atoms with Gasteiger partial charge in [0.25, 0.3) is 0 Å². The van der Waals surface area contributed by atoms with E-state index in [2.05, 4.69) is 44.4 Å². The number of benzene rings is 1. The molecule has 0 bridgehead atoms. The molecule has 76 valence electrons. The maximum absolute atomic E-state index is 4.13. The summed E-state index contributed by atoms with van der Waals surface area (Å²) >= 11 is 0. The summed E-state index contributed by atoms with van der Waals surface area (Å²) in [7, 11) is 0. The van der Waals surface area contributed by atoms with Crippen LogP contribution in [-0.2, 0) is 12.8 Å². The predicted octanol–water partition coefficient (Wildman–Crippen LogP) is 3.93. The van der Waals surface area contributed by atoms with Crippen LogP contribution in [0.15, 0.2) is 49.1 Å². The molecule has 2 rings (SSSR count). The SMILES string of the molecule is C=C/C=C1/Cc2cc(CC)ccc2C1=C. The van der Waals surface area contributed by atoms with Crippen molar-refractivity contribution in [1.29, 1.82) is 0 Å². The van der Waals surface area contributed by atoms with Gasteiger partial charge in [0.05, 0.1) is 0 Å². The van der Waals surface area contributed by atoms with Gasteiger partial charge in [-0.1, -0.05) is 50.4 Å². The average Bonchev–Trinajstić information content (AvgIpc) is 2.56. The number of aryl methyl sites for hydroxylation is 1. The Hall–Kier alpha value is -1.56. The van der Waals surface area contributed by atoms with E-state index in [9.17, 15) is 0 Å². The minimum absolute atomic E-state index is 1.01. The maximum Gasteiger partial charge on any atom is -0.00136 e. The van der Waals surface area contributed by atoms with Gasteiger partial charge < -0.3 is 0 Å². The van der Waals surface area contributed by atoms with Crippen LogP contribution >= 0.6 is 0 Å². The van der Waals surface area contributed by atoms with Crippen molar-refractivity contribution in [2.45, 2.75) is 19.8 Å². The number of hydrogen-bond acceptors (Lipinski definition) is 0. The summed E-state index contributed by atoms with van der Waals surface area (Å²) < 4.78 is 0. The second-order valence-electron chi connectivity index (χ2n) is 3.93. The topological polar surface area (TPSA) is 0 Å². The van der Waals surface area contributed by atoms with E-state index < -0.39 is 0 Å². The lowest BCUT2D eigenvalue weighted by molar-refractivity contribution is 1.12. The third kappa shape index (κ3) is 1.68. The molecule has 1 aromatic rings. The van der Waals surface area contributed by atoms with Gasteiger partial charge in [-0.3, -0.25) is 0 Å². The molecule has 0 saturated heterocycles. The first-order valence-corrected chi connectivity index (χ1v) is 5.39. The lowest BCUT2D eigenvalue weighted by Gasteiger charge is -2.01. The standard InChI is InChI=1S/C15H16/c1-4-6-13-10-14-9-12(5-2)7-8-15(14)11(13)3/h4,6-9H,1,3,5,10H2,2H3/b13-6-. The Kier molecular flexibility index (Phi) is 2.59. The number of allylic oxidation sites excluding steroid dienone is 4. The Morgan fingerprint density at radius 2 is 2.20 bits per heavy atom. The van der Waals surface area contributed by atoms with Crippen molar-refractivity contribution in [3.05, 3.63) is 65.8 Å². The van der Waals surface area contributed by atoms with Gasteiger partial charge in [0.2, 0.25) is 0 Å². The van der Waals surface area contributed by atoms with Crippen molar-refractivity contribution in [3.63, 3.8) is 0 Å². The Bertz CT molecular complexity index is 447. The molecule has 0 aliphatic heterocycles. The van der Waals surface area contributed by atoms with E-state index in [1.807, 2.05) is 6.08 Å². The number of hydrogen-bond donors (Lipinski definition) is 0. The first-order valence-electron chi connectivity index (χ1n) is 5.39. The molecule has 1 aliphatic rings. The summed E-state index contributed by atoms with van der Waals surface area (Å²) in [6.07, 6.45) is 6.01. The molecular formula is C15H16. The zero-order chi connectivity index (χ0) is 10.8. The molecular weight excluding hydrogens is 180 g/mol. The molecule has 0 amide bonds. The average molecular weight is 196 g/mol. The first-order chi connectivity index (χ1) is 7.26. The van der Waals surface area contributed by atoms with Crippen molar-refractivity contribution in [1.82, 2.24) is 0 Å². The van der Waals surface area contributed by atoms with E-state index in [4.69, 9.17) is 0 Å². The molecule has 0 unspecified atom stereocenters. The first kappa shape index (κ1) is 9.97. The molecule has 1 aromatic carbocycles. The number of rotatable bonds is 2. The van der Waals surface area contributed by atoms with Crippen LogP contribution in [0.25, 0.3) is 5.57 Å². The quantitative estimate of drug-likeness (QED) is 0.672. The molecule has 0 fully saturated rings. The Morgan fingerprint density at radius 1 is 1.40 bits per heavy atom. The molecule has 0 atom stereocenters. The van der Waals surface area contributed by atoms with Crippen LogP contribution in [0, 0.1) is 0 Å². The highest BCUT2D eigenvalue weighted by Crippen LogP contribution is 2.35. The third-order valence-corrected chi connectivity index (χ3v) is 2.99. The van der Waals surface area contributed by atoms with Crippen LogP contribution in [0.4, 0.5) is 0 Å². The van der Waals surface area contributed by atoms with Crippen LogP contribution in [0.3, 0.4) is 0 Å². The molecule has 0 spiro atoms. The minimum atomic E-state index is 1.01. The normalized spacial score (nSPS) is 16.9. The van der Waals surface area contributed by atoms with E-state index in [0.29, 0.717) is 0 Å². The zero-order valence-electron chi connectivity index (χ0n) is 9.22. The lowest BCUT2D eigenvalue weighted by Crippen LogP contribution is -1.85. The Morgan fingerprint density at radius 3 is 2.87 bits per heavy atom. The van der Waals surface area contributed by atoms with Crippen LogP contribution < -0.4 is 0 Å². The van der Waals surface area contributed by atoms with Crippen LogP contribution in [0.5, 0.6) is 0 Å². The molecule has 0 aromatic heterocycles. The van der Waals surface area contributed by atoms with Gasteiger partial charge in [-0.2, -0.15) is 0 Å². The highest BCUT2D eigenvalue weighted by Gasteiger charge is 2.18. The van der Waals surface area contributed by atoms with Crippen LogP contribution in [0.2, 0.25) is 0 Å². The second-order valence-corrected chi connectivity index (χ2v) is 3.93. The van der Waals surface area contributed by atoms with Gasteiger partial charge in [-0.05, 0) is 40.7 Å². The summed E-state index contributed by atoms with van der Waals surface area (Å²) in [5.74, 6) is 0.